The number of hydrogen-bond acceptors (Lipinski definition) is 4. The van der Waals surface area contributed by atoms with E-state index < -0.39 is 0 Å². The van der Waals surface area contributed by atoms with E-state index in [1.165, 1.54) is 0 Å². The van der Waals surface area contributed by atoms with Crippen molar-refractivity contribution in [1.29, 1.82) is 0 Å². The third-order valence-corrected chi connectivity index (χ3v) is 2.54. The lowest BCUT2D eigenvalue weighted by Crippen LogP contribution is -2.48. The number of nitrogens with one attached hydrogen (secondary N) is 2. The number of amides is 1. The fraction of sp³-hybridized carbons (Fsp3) is 0.455. The van der Waals surface area contributed by atoms with Crippen molar-refractivity contribution in [2.24, 2.45) is 0 Å². The van der Waals surface area contributed by atoms with Crippen LogP contribution in [0.3, 0.4) is 0 Å². The van der Waals surface area contributed by atoms with Gasteiger partial charge in [0.05, 0.1) is 25.1 Å². The Morgan fingerprint density at radius 3 is 3.25 bits per heavy atom. The van der Waals surface area contributed by atoms with Crippen LogP contribution in [0, 0.1) is 6.92 Å². The molecule has 1 unspecified atom stereocenters. The van der Waals surface area contributed by atoms with Gasteiger partial charge in [-0.25, -0.2) is 0 Å². The van der Waals surface area contributed by atoms with Crippen molar-refractivity contribution < 1.29 is 9.53 Å². The van der Waals surface area contributed by atoms with Crippen molar-refractivity contribution >= 4 is 11.6 Å². The minimum atomic E-state index is -0.270. The van der Waals surface area contributed by atoms with Crippen molar-refractivity contribution in [2.75, 3.05) is 25.1 Å². The van der Waals surface area contributed by atoms with E-state index in [4.69, 9.17) is 4.74 Å². The second kappa shape index (κ2) is 5.05. The van der Waals surface area contributed by atoms with E-state index in [9.17, 15) is 4.79 Å². The third-order valence-electron chi connectivity index (χ3n) is 2.54. The van der Waals surface area contributed by atoms with Gasteiger partial charge in [-0.3, -0.25) is 9.78 Å². The first kappa shape index (κ1) is 11.0. The monoisotopic (exact) mass is 221 g/mol. The molecular formula is C11H15N3O2. The average molecular weight is 221 g/mol. The zero-order chi connectivity index (χ0) is 11.4. The number of morpholine rings is 1. The molecule has 1 amide bonds. The number of carbonyl (C=O) groups is 1. The van der Waals surface area contributed by atoms with Crippen LogP contribution in [0.1, 0.15) is 5.56 Å². The van der Waals surface area contributed by atoms with Gasteiger partial charge in [0.15, 0.2) is 0 Å². The molecule has 86 valence electrons. The lowest BCUT2D eigenvalue weighted by Gasteiger charge is -2.23. The maximum atomic E-state index is 11.8. The Morgan fingerprint density at radius 2 is 2.56 bits per heavy atom. The minimum absolute atomic E-state index is 0.0733. The summed E-state index contributed by atoms with van der Waals surface area (Å²) in [5.41, 5.74) is 1.75. The topological polar surface area (TPSA) is 63.2 Å². The summed E-state index contributed by atoms with van der Waals surface area (Å²) in [6.45, 7) is 3.73. The summed E-state index contributed by atoms with van der Waals surface area (Å²) in [5, 5.41) is 5.94. The molecule has 16 heavy (non-hydrogen) atoms. The van der Waals surface area contributed by atoms with Crippen LogP contribution >= 0.6 is 0 Å². The van der Waals surface area contributed by atoms with Gasteiger partial charge < -0.3 is 15.4 Å². The summed E-state index contributed by atoms with van der Waals surface area (Å²) < 4.78 is 5.23. The number of anilines is 1. The summed E-state index contributed by atoms with van der Waals surface area (Å²) >= 11 is 0. The Bertz CT molecular complexity index is 375. The zero-order valence-electron chi connectivity index (χ0n) is 9.19. The number of rotatable bonds is 2. The zero-order valence-corrected chi connectivity index (χ0v) is 9.19. The number of nitrogens with zero attached hydrogens (tertiary/aromatic N) is 1. The number of aromatic nitrogens is 1. The summed E-state index contributed by atoms with van der Waals surface area (Å²) in [7, 11) is 0. The molecule has 0 spiro atoms. The minimum Gasteiger partial charge on any atom is -0.378 e. The standard InChI is InChI=1S/C11H15N3O2/c1-8-2-3-12-6-9(8)14-11(15)10-7-16-5-4-13-10/h2-3,6,10,13H,4-5,7H2,1H3,(H,14,15). The highest BCUT2D eigenvalue weighted by molar-refractivity contribution is 5.95. The summed E-state index contributed by atoms with van der Waals surface area (Å²) in [6, 6.07) is 1.59. The molecule has 0 saturated carbocycles. The van der Waals surface area contributed by atoms with Crippen molar-refractivity contribution in [1.82, 2.24) is 10.3 Å². The number of ether oxygens (including phenoxy) is 1. The van der Waals surface area contributed by atoms with Crippen LogP contribution in [0.5, 0.6) is 0 Å². The van der Waals surface area contributed by atoms with Gasteiger partial charge in [-0.2, -0.15) is 0 Å². The average Bonchev–Trinajstić information content (AvgIpc) is 2.33. The van der Waals surface area contributed by atoms with Gasteiger partial charge in [-0.1, -0.05) is 0 Å². The van der Waals surface area contributed by atoms with Crippen LogP contribution < -0.4 is 10.6 Å². The predicted molar refractivity (Wildman–Crippen MR) is 60.2 cm³/mol. The van der Waals surface area contributed by atoms with Crippen LogP contribution in [0.25, 0.3) is 0 Å². The molecule has 1 atom stereocenters. The lowest BCUT2D eigenvalue weighted by atomic mass is 10.2. The third kappa shape index (κ3) is 2.56. The first-order valence-electron chi connectivity index (χ1n) is 5.30. The molecule has 1 aliphatic rings. The summed E-state index contributed by atoms with van der Waals surface area (Å²) in [6.07, 6.45) is 3.35. The number of aryl methyl sites for hydroxylation is 1. The van der Waals surface area contributed by atoms with Crippen molar-refractivity contribution in [3.8, 4) is 0 Å². The molecule has 2 heterocycles. The highest BCUT2D eigenvalue weighted by Crippen LogP contribution is 2.11. The molecule has 0 aromatic carbocycles. The summed E-state index contributed by atoms with van der Waals surface area (Å²) in [5.74, 6) is -0.0733. The van der Waals surface area contributed by atoms with Crippen LogP contribution in [-0.4, -0.2) is 36.7 Å². The second-order valence-corrected chi connectivity index (χ2v) is 3.76. The fourth-order valence-corrected chi connectivity index (χ4v) is 1.55. The molecule has 5 nitrogen and oxygen atoms in total. The van der Waals surface area contributed by atoms with Gasteiger partial charge in [0.25, 0.3) is 0 Å². The molecule has 0 aliphatic carbocycles. The molecule has 5 heteroatoms. The molecule has 2 N–H and O–H groups in total. The molecule has 1 aromatic rings. The number of hydrogen-bond donors (Lipinski definition) is 2. The van der Waals surface area contributed by atoms with Crippen molar-refractivity contribution in [3.63, 3.8) is 0 Å². The largest absolute Gasteiger partial charge is 0.378 e. The SMILES string of the molecule is Cc1ccncc1NC(=O)C1COCCN1. The van der Waals surface area contributed by atoms with E-state index in [0.29, 0.717) is 19.8 Å². The first-order chi connectivity index (χ1) is 7.77. The van der Waals surface area contributed by atoms with E-state index in [0.717, 1.165) is 11.3 Å². The van der Waals surface area contributed by atoms with Crippen LogP contribution in [0.15, 0.2) is 18.5 Å². The maximum Gasteiger partial charge on any atom is 0.243 e. The Kier molecular flexibility index (Phi) is 3.48. The molecule has 1 fully saturated rings. The molecule has 0 bridgehead atoms. The molecule has 1 saturated heterocycles. The van der Waals surface area contributed by atoms with E-state index >= 15 is 0 Å². The Balaban J connectivity index is 1.99. The highest BCUT2D eigenvalue weighted by atomic mass is 16.5. The Labute approximate surface area is 94.2 Å². The quantitative estimate of drug-likeness (QED) is 0.754. The highest BCUT2D eigenvalue weighted by Gasteiger charge is 2.21. The predicted octanol–water partition coefficient (Wildman–Crippen LogP) is 0.317. The normalized spacial score (nSPS) is 20.4. The lowest BCUT2D eigenvalue weighted by molar-refractivity contribution is -0.120. The Morgan fingerprint density at radius 1 is 1.69 bits per heavy atom. The van der Waals surface area contributed by atoms with E-state index in [-0.39, 0.29) is 11.9 Å². The van der Waals surface area contributed by atoms with Crippen LogP contribution in [-0.2, 0) is 9.53 Å². The molecule has 2 rings (SSSR count). The van der Waals surface area contributed by atoms with Gasteiger partial charge in [-0.15, -0.1) is 0 Å². The van der Waals surface area contributed by atoms with E-state index in [2.05, 4.69) is 15.6 Å². The summed E-state index contributed by atoms with van der Waals surface area (Å²) in [4.78, 5) is 15.8. The molecule has 1 aliphatic heterocycles. The van der Waals surface area contributed by atoms with Gasteiger partial charge in [0, 0.05) is 12.7 Å². The molecule has 1 aromatic heterocycles. The van der Waals surface area contributed by atoms with Gasteiger partial charge >= 0.3 is 0 Å². The smallest absolute Gasteiger partial charge is 0.243 e. The fourth-order valence-electron chi connectivity index (χ4n) is 1.55. The van der Waals surface area contributed by atoms with Gasteiger partial charge in [-0.05, 0) is 18.6 Å². The first-order valence-corrected chi connectivity index (χ1v) is 5.30. The number of pyridine rings is 1. The number of carbonyl (C=O) groups excluding carboxylic acids is 1. The Hall–Kier alpha value is -1.46. The van der Waals surface area contributed by atoms with Crippen molar-refractivity contribution in [2.45, 2.75) is 13.0 Å². The van der Waals surface area contributed by atoms with Crippen LogP contribution in [0.2, 0.25) is 0 Å². The van der Waals surface area contributed by atoms with Crippen molar-refractivity contribution in [3.05, 3.63) is 24.0 Å². The molecular weight excluding hydrogens is 206 g/mol. The maximum absolute atomic E-state index is 11.8. The van der Waals surface area contributed by atoms with E-state index in [1.807, 2.05) is 13.0 Å². The molecule has 0 radical (unpaired) electrons. The van der Waals surface area contributed by atoms with Gasteiger partial charge in [0.1, 0.15) is 6.04 Å². The second-order valence-electron chi connectivity index (χ2n) is 3.76. The van der Waals surface area contributed by atoms with Crippen LogP contribution in [0.4, 0.5) is 5.69 Å². The van der Waals surface area contributed by atoms with Gasteiger partial charge in [0.2, 0.25) is 5.91 Å². The van der Waals surface area contributed by atoms with E-state index in [1.54, 1.807) is 12.4 Å².